The van der Waals surface area contributed by atoms with E-state index < -0.39 is 49.4 Å². The Morgan fingerprint density at radius 2 is 1.50 bits per heavy atom. The van der Waals surface area contributed by atoms with Gasteiger partial charge >= 0.3 is 18.4 Å². The molecule has 0 atom stereocenters. The number of carbonyl (C=O) groups excluding carboxylic acids is 2. The summed E-state index contributed by atoms with van der Waals surface area (Å²) >= 11 is 0. The summed E-state index contributed by atoms with van der Waals surface area (Å²) in [7, 11) is -2.24. The zero-order valence-electron chi connectivity index (χ0n) is 31.8. The number of imide groups is 1. The fraction of sp³-hybridized carbons (Fsp3) is 0.568. The molecule has 2 heterocycles. The summed E-state index contributed by atoms with van der Waals surface area (Å²) in [6, 6.07) is 5.00. The van der Waals surface area contributed by atoms with E-state index in [0.29, 0.717) is 34.1 Å². The third-order valence-corrected chi connectivity index (χ3v) is 13.4. The van der Waals surface area contributed by atoms with Gasteiger partial charge in [0.2, 0.25) is 0 Å². The zero-order chi connectivity index (χ0) is 39.0. The maximum atomic E-state index is 16.2. The molecule has 15 heteroatoms. The zero-order valence-corrected chi connectivity index (χ0v) is 32.8. The van der Waals surface area contributed by atoms with Crippen LogP contribution in [0.4, 0.5) is 33.0 Å². The van der Waals surface area contributed by atoms with Gasteiger partial charge in [0, 0.05) is 42.0 Å². The van der Waals surface area contributed by atoms with Gasteiger partial charge < -0.3 is 24.0 Å². The number of pyridine rings is 2. The van der Waals surface area contributed by atoms with Crippen LogP contribution in [0.3, 0.4) is 0 Å². The van der Waals surface area contributed by atoms with Crippen LogP contribution in [0.5, 0.6) is 5.75 Å². The van der Waals surface area contributed by atoms with Crippen molar-refractivity contribution in [3.05, 3.63) is 59.3 Å². The van der Waals surface area contributed by atoms with E-state index in [1.165, 1.54) is 24.4 Å². The Hall–Kier alpha value is -3.82. The summed E-state index contributed by atoms with van der Waals surface area (Å²) < 4.78 is 78.7. The maximum Gasteiger partial charge on any atom is 0.433 e. The minimum absolute atomic E-state index is 0.0545. The van der Waals surface area contributed by atoms with Crippen molar-refractivity contribution in [2.75, 3.05) is 4.90 Å². The van der Waals surface area contributed by atoms with E-state index in [1.54, 1.807) is 41.5 Å². The number of aromatic nitrogens is 2. The molecule has 1 saturated carbocycles. The second kappa shape index (κ2) is 14.9. The number of alkyl halides is 3. The van der Waals surface area contributed by atoms with E-state index in [9.17, 15) is 22.8 Å². The number of benzene rings is 1. The lowest BCUT2D eigenvalue weighted by Crippen LogP contribution is -2.46. The van der Waals surface area contributed by atoms with Gasteiger partial charge in [0.1, 0.15) is 40.4 Å². The number of fused-ring (bicyclic) bond motifs is 1. The molecular formula is C37H50F4N4O6Si. The number of carbonyl (C=O) groups is 2. The smallest absolute Gasteiger partial charge is 0.433 e. The number of nitrogens with one attached hydrogen (secondary N) is 1. The summed E-state index contributed by atoms with van der Waals surface area (Å²) in [5.41, 5.74) is -2.13. The van der Waals surface area contributed by atoms with Crippen LogP contribution >= 0.6 is 0 Å². The van der Waals surface area contributed by atoms with E-state index in [1.807, 2.05) is 0 Å². The summed E-state index contributed by atoms with van der Waals surface area (Å²) in [6.07, 6.45) is -3.47. The molecule has 0 aliphatic heterocycles. The number of anilines is 1. The molecule has 1 aliphatic rings. The van der Waals surface area contributed by atoms with Crippen molar-refractivity contribution < 1.29 is 45.8 Å². The van der Waals surface area contributed by atoms with Gasteiger partial charge in [-0.1, -0.05) is 20.8 Å². The van der Waals surface area contributed by atoms with Gasteiger partial charge in [-0.25, -0.2) is 19.0 Å². The second-order valence-electron chi connectivity index (χ2n) is 16.6. The molecule has 2 aromatic heterocycles. The Labute approximate surface area is 303 Å². The van der Waals surface area contributed by atoms with E-state index in [2.05, 4.69) is 49.1 Å². The molecule has 1 aliphatic carbocycles. The van der Waals surface area contributed by atoms with Gasteiger partial charge in [-0.15, -0.1) is 0 Å². The monoisotopic (exact) mass is 750 g/mol. The molecule has 52 heavy (non-hydrogen) atoms. The largest absolute Gasteiger partial charge is 0.490 e. The molecular weight excluding hydrogens is 701 g/mol. The molecule has 10 nitrogen and oxygen atoms in total. The van der Waals surface area contributed by atoms with Crippen LogP contribution in [-0.2, 0) is 33.2 Å². The molecule has 0 bridgehead atoms. The van der Waals surface area contributed by atoms with Crippen LogP contribution in [0.2, 0.25) is 18.1 Å². The first kappa shape index (κ1) is 40.9. The predicted octanol–water partition coefficient (Wildman–Crippen LogP) is 9.69. The molecule has 4 rings (SSSR count). The highest BCUT2D eigenvalue weighted by Crippen LogP contribution is 2.38. The number of hydrogen-bond donors (Lipinski definition) is 1. The average molecular weight is 751 g/mol. The molecule has 2 amide bonds. The van der Waals surface area contributed by atoms with Crippen LogP contribution in [0, 0.1) is 5.82 Å². The lowest BCUT2D eigenvalue weighted by Gasteiger charge is -2.36. The van der Waals surface area contributed by atoms with E-state index in [-0.39, 0.29) is 47.5 Å². The fourth-order valence-electron chi connectivity index (χ4n) is 5.08. The second-order valence-corrected chi connectivity index (χ2v) is 21.4. The molecule has 0 spiro atoms. The first-order valence-electron chi connectivity index (χ1n) is 17.2. The van der Waals surface area contributed by atoms with Gasteiger partial charge in [0.15, 0.2) is 8.32 Å². The van der Waals surface area contributed by atoms with Crippen LogP contribution < -0.4 is 15.0 Å². The van der Waals surface area contributed by atoms with Crippen molar-refractivity contribution in [2.24, 2.45) is 0 Å². The SMILES string of the molecule is CC(C)(C)OC(=O)N(C(=O)OC(C)(C)C)c1cc2c(CNC3CC(Oc4ccnc(C(F)(F)F)c4)C3)c(F)cc(CO[Si](C)(C)C(C)(C)C)c2cn1. The normalized spacial score (nSPS) is 17.1. The molecule has 0 radical (unpaired) electrons. The quantitative estimate of drug-likeness (QED) is 0.169. The number of halogens is 4. The van der Waals surface area contributed by atoms with Gasteiger partial charge in [-0.05, 0) is 102 Å². The van der Waals surface area contributed by atoms with Crippen molar-refractivity contribution in [1.29, 1.82) is 0 Å². The molecule has 3 aromatic rings. The summed E-state index contributed by atoms with van der Waals surface area (Å²) in [5.74, 6) is -0.583. The highest BCUT2D eigenvalue weighted by atomic mass is 28.4. The van der Waals surface area contributed by atoms with Crippen LogP contribution in [-0.4, -0.2) is 53.8 Å². The first-order valence-corrected chi connectivity index (χ1v) is 20.1. The molecule has 286 valence electrons. The number of ether oxygens (including phenoxy) is 3. The lowest BCUT2D eigenvalue weighted by atomic mass is 9.88. The minimum Gasteiger partial charge on any atom is -0.490 e. The molecule has 1 fully saturated rings. The Kier molecular flexibility index (Phi) is 11.7. The van der Waals surface area contributed by atoms with Crippen molar-refractivity contribution in [2.45, 2.75) is 136 Å². The molecule has 0 unspecified atom stereocenters. The van der Waals surface area contributed by atoms with Crippen molar-refractivity contribution in [3.8, 4) is 5.75 Å². The van der Waals surface area contributed by atoms with Crippen molar-refractivity contribution in [3.63, 3.8) is 0 Å². The fourth-order valence-corrected chi connectivity index (χ4v) is 6.03. The van der Waals surface area contributed by atoms with E-state index >= 15 is 4.39 Å². The number of amides is 2. The third kappa shape index (κ3) is 10.4. The third-order valence-electron chi connectivity index (χ3n) is 8.91. The predicted molar refractivity (Wildman–Crippen MR) is 192 cm³/mol. The Bertz CT molecular complexity index is 1750. The van der Waals surface area contributed by atoms with E-state index in [4.69, 9.17) is 18.6 Å². The number of hydrogen-bond acceptors (Lipinski definition) is 9. The van der Waals surface area contributed by atoms with E-state index in [0.717, 1.165) is 12.3 Å². The summed E-state index contributed by atoms with van der Waals surface area (Å²) in [6.45, 7) is 20.6. The number of rotatable bonds is 9. The van der Waals surface area contributed by atoms with Crippen LogP contribution in [0.25, 0.3) is 10.8 Å². The highest BCUT2D eigenvalue weighted by molar-refractivity contribution is 6.74. The van der Waals surface area contributed by atoms with Gasteiger partial charge in [-0.3, -0.25) is 4.98 Å². The minimum atomic E-state index is -4.59. The Morgan fingerprint density at radius 1 is 0.904 bits per heavy atom. The molecule has 0 saturated heterocycles. The Balaban J connectivity index is 1.66. The molecule has 1 N–H and O–H groups in total. The van der Waals surface area contributed by atoms with Gasteiger partial charge in [0.25, 0.3) is 0 Å². The molecule has 1 aromatic carbocycles. The first-order chi connectivity index (χ1) is 23.7. The van der Waals surface area contributed by atoms with Gasteiger partial charge in [0.05, 0.1) is 6.61 Å². The summed E-state index contributed by atoms with van der Waals surface area (Å²) in [4.78, 5) is 35.4. The highest BCUT2D eigenvalue weighted by Gasteiger charge is 2.38. The summed E-state index contributed by atoms with van der Waals surface area (Å²) in [5, 5.41) is 4.19. The van der Waals surface area contributed by atoms with Crippen molar-refractivity contribution >= 4 is 37.1 Å². The lowest BCUT2D eigenvalue weighted by molar-refractivity contribution is -0.141. The van der Waals surface area contributed by atoms with Crippen LogP contribution in [0.1, 0.15) is 92.0 Å². The average Bonchev–Trinajstić information content (AvgIpc) is 2.95. The van der Waals surface area contributed by atoms with Crippen LogP contribution in [0.15, 0.2) is 36.7 Å². The standard InChI is InChI=1S/C37H50F4N4O6Si/c1-34(2,3)50-32(46)45(33(47)51-35(4,5)6)31-18-26-27(19-44-31)22(21-48-52(10,11)36(7,8)9)14-29(38)28(26)20-43-23-15-25(16-23)49-24-12-13-42-30(17-24)37(39,40)41/h12-14,17-19,23,25,43H,15-16,20-21H2,1-11H3. The maximum absolute atomic E-state index is 16.2. The Morgan fingerprint density at radius 3 is 2.04 bits per heavy atom. The number of nitrogens with zero attached hydrogens (tertiary/aromatic N) is 3. The van der Waals surface area contributed by atoms with Crippen molar-refractivity contribution in [1.82, 2.24) is 15.3 Å². The van der Waals surface area contributed by atoms with Gasteiger partial charge in [-0.2, -0.15) is 18.1 Å². The topological polar surface area (TPSA) is 112 Å².